The van der Waals surface area contributed by atoms with Gasteiger partial charge in [0.15, 0.2) is 17.0 Å². The van der Waals surface area contributed by atoms with Gasteiger partial charge in [-0.2, -0.15) is 9.97 Å². The van der Waals surface area contributed by atoms with Crippen LogP contribution < -0.4 is 21.1 Å². The second-order valence-corrected chi connectivity index (χ2v) is 7.21. The first kappa shape index (κ1) is 18.5. The van der Waals surface area contributed by atoms with Crippen molar-refractivity contribution in [3.8, 4) is 5.75 Å². The molecule has 8 heteroatoms. The van der Waals surface area contributed by atoms with Crippen molar-refractivity contribution in [2.24, 2.45) is 5.73 Å². The number of methoxy groups -OCH3 is 1. The maximum atomic E-state index is 6.03. The van der Waals surface area contributed by atoms with Crippen LogP contribution in [0.3, 0.4) is 0 Å². The lowest BCUT2D eigenvalue weighted by molar-refractivity contribution is 0.410. The molecule has 1 fully saturated rings. The standard InChI is InChI=1S/C20H27N7O/c1-3-27-12-22-17-18(23-15-5-4-6-16(11-15)28-2)25-20(26-19(17)27)24-14-9-7-13(21)8-10-14/h4-6,11-14H,3,7-10,21H2,1-2H3,(H2,23,24,25,26)/t13-,14+. The molecule has 0 bridgehead atoms. The summed E-state index contributed by atoms with van der Waals surface area (Å²) in [5, 5.41) is 6.88. The van der Waals surface area contributed by atoms with Crippen LogP contribution in [0.4, 0.5) is 17.5 Å². The Hall–Kier alpha value is -2.87. The van der Waals surface area contributed by atoms with Crippen LogP contribution in [0.5, 0.6) is 5.75 Å². The van der Waals surface area contributed by atoms with Crippen molar-refractivity contribution in [2.45, 2.75) is 51.2 Å². The van der Waals surface area contributed by atoms with Gasteiger partial charge in [-0.05, 0) is 44.7 Å². The van der Waals surface area contributed by atoms with Gasteiger partial charge in [-0.25, -0.2) is 4.98 Å². The maximum absolute atomic E-state index is 6.03. The highest BCUT2D eigenvalue weighted by atomic mass is 16.5. The fourth-order valence-electron chi connectivity index (χ4n) is 3.61. The summed E-state index contributed by atoms with van der Waals surface area (Å²) in [5.41, 5.74) is 8.49. The van der Waals surface area contributed by atoms with Crippen molar-refractivity contribution in [1.29, 1.82) is 0 Å². The maximum Gasteiger partial charge on any atom is 0.227 e. The van der Waals surface area contributed by atoms with Crippen LogP contribution in [0, 0.1) is 0 Å². The Bertz CT molecular complexity index is 947. The highest BCUT2D eigenvalue weighted by Gasteiger charge is 2.20. The minimum atomic E-state index is 0.313. The molecule has 28 heavy (non-hydrogen) atoms. The molecule has 1 aromatic carbocycles. The topological polar surface area (TPSA) is 103 Å². The SMILES string of the molecule is CCn1cnc2c(Nc3cccc(OC)c3)nc(N[C@H]3CC[C@@H](N)CC3)nc21. The van der Waals surface area contributed by atoms with Gasteiger partial charge in [0.05, 0.1) is 13.4 Å². The van der Waals surface area contributed by atoms with Gasteiger partial charge < -0.3 is 25.7 Å². The smallest absolute Gasteiger partial charge is 0.227 e. The molecule has 3 aromatic rings. The summed E-state index contributed by atoms with van der Waals surface area (Å²) in [4.78, 5) is 14.0. The first-order valence-corrected chi connectivity index (χ1v) is 9.82. The quantitative estimate of drug-likeness (QED) is 0.602. The highest BCUT2D eigenvalue weighted by Crippen LogP contribution is 2.27. The zero-order chi connectivity index (χ0) is 19.5. The Morgan fingerprint density at radius 2 is 2.04 bits per heavy atom. The molecule has 1 saturated carbocycles. The number of aryl methyl sites for hydroxylation is 1. The lowest BCUT2D eigenvalue weighted by Gasteiger charge is -2.26. The molecule has 1 aliphatic carbocycles. The molecule has 0 amide bonds. The molecule has 0 atom stereocenters. The summed E-state index contributed by atoms with van der Waals surface area (Å²) in [5.74, 6) is 2.08. The van der Waals surface area contributed by atoms with E-state index in [-0.39, 0.29) is 0 Å². The van der Waals surface area contributed by atoms with Gasteiger partial charge in [0.2, 0.25) is 5.95 Å². The van der Waals surface area contributed by atoms with Gasteiger partial charge in [0.1, 0.15) is 5.75 Å². The molecule has 0 radical (unpaired) electrons. The van der Waals surface area contributed by atoms with Crippen LogP contribution in [0.1, 0.15) is 32.6 Å². The molecule has 0 spiro atoms. The number of nitrogens with one attached hydrogen (secondary N) is 2. The Labute approximate surface area is 164 Å². The van der Waals surface area contributed by atoms with Crippen molar-refractivity contribution in [2.75, 3.05) is 17.7 Å². The van der Waals surface area contributed by atoms with Gasteiger partial charge in [-0.3, -0.25) is 0 Å². The molecule has 2 heterocycles. The van der Waals surface area contributed by atoms with E-state index in [4.69, 9.17) is 20.4 Å². The number of fused-ring (bicyclic) bond motifs is 1. The number of nitrogens with zero attached hydrogens (tertiary/aromatic N) is 4. The lowest BCUT2D eigenvalue weighted by Crippen LogP contribution is -2.33. The average Bonchev–Trinajstić information content (AvgIpc) is 3.13. The van der Waals surface area contributed by atoms with E-state index in [9.17, 15) is 0 Å². The van der Waals surface area contributed by atoms with Crippen LogP contribution in [0.2, 0.25) is 0 Å². The van der Waals surface area contributed by atoms with E-state index in [0.717, 1.165) is 54.8 Å². The average molecular weight is 381 g/mol. The van der Waals surface area contributed by atoms with Gasteiger partial charge >= 0.3 is 0 Å². The van der Waals surface area contributed by atoms with Gasteiger partial charge in [0.25, 0.3) is 0 Å². The summed E-state index contributed by atoms with van der Waals surface area (Å²) in [6.45, 7) is 2.87. The van der Waals surface area contributed by atoms with Crippen LogP contribution >= 0.6 is 0 Å². The van der Waals surface area contributed by atoms with Crippen molar-refractivity contribution in [3.05, 3.63) is 30.6 Å². The molecule has 0 unspecified atom stereocenters. The lowest BCUT2D eigenvalue weighted by atomic mass is 9.92. The Morgan fingerprint density at radius 1 is 1.21 bits per heavy atom. The normalized spacial score (nSPS) is 19.5. The van der Waals surface area contributed by atoms with Crippen molar-refractivity contribution >= 4 is 28.6 Å². The number of benzene rings is 1. The zero-order valence-corrected chi connectivity index (χ0v) is 16.4. The number of ether oxygens (including phenoxy) is 1. The molecule has 0 saturated heterocycles. The first-order chi connectivity index (χ1) is 13.7. The first-order valence-electron chi connectivity index (χ1n) is 9.82. The monoisotopic (exact) mass is 381 g/mol. The van der Waals surface area contributed by atoms with Crippen LogP contribution in [-0.4, -0.2) is 38.7 Å². The summed E-state index contributed by atoms with van der Waals surface area (Å²) >= 11 is 0. The highest BCUT2D eigenvalue weighted by molar-refractivity contribution is 5.86. The molecule has 0 aliphatic heterocycles. The molecule has 4 N–H and O–H groups in total. The predicted molar refractivity (Wildman–Crippen MR) is 111 cm³/mol. The molecular weight excluding hydrogens is 354 g/mol. The number of anilines is 3. The second kappa shape index (κ2) is 8.02. The van der Waals surface area contributed by atoms with Gasteiger partial charge in [-0.15, -0.1) is 0 Å². The minimum Gasteiger partial charge on any atom is -0.497 e. The van der Waals surface area contributed by atoms with Gasteiger partial charge in [0, 0.05) is 30.4 Å². The third-order valence-electron chi connectivity index (χ3n) is 5.24. The largest absolute Gasteiger partial charge is 0.497 e. The predicted octanol–water partition coefficient (Wildman–Crippen LogP) is 3.28. The third-order valence-corrected chi connectivity index (χ3v) is 5.24. The number of aromatic nitrogens is 4. The summed E-state index contributed by atoms with van der Waals surface area (Å²) in [6, 6.07) is 8.42. The Morgan fingerprint density at radius 3 is 2.79 bits per heavy atom. The third kappa shape index (κ3) is 3.87. The molecule has 8 nitrogen and oxygen atoms in total. The molecular formula is C20H27N7O. The Kier molecular flexibility index (Phi) is 5.29. The fourth-order valence-corrected chi connectivity index (χ4v) is 3.61. The molecule has 4 rings (SSSR count). The van der Waals surface area contributed by atoms with E-state index in [2.05, 4.69) is 22.5 Å². The van der Waals surface area contributed by atoms with E-state index in [1.165, 1.54) is 0 Å². The summed E-state index contributed by atoms with van der Waals surface area (Å²) < 4.78 is 7.34. The van der Waals surface area contributed by atoms with E-state index in [1.54, 1.807) is 13.4 Å². The Balaban J connectivity index is 1.66. The van der Waals surface area contributed by atoms with E-state index >= 15 is 0 Å². The summed E-state index contributed by atoms with van der Waals surface area (Å²) in [7, 11) is 1.66. The van der Waals surface area contributed by atoms with Crippen molar-refractivity contribution in [1.82, 2.24) is 19.5 Å². The van der Waals surface area contributed by atoms with Crippen LogP contribution in [0.25, 0.3) is 11.2 Å². The van der Waals surface area contributed by atoms with Gasteiger partial charge in [-0.1, -0.05) is 6.07 Å². The fraction of sp³-hybridized carbons (Fsp3) is 0.450. The van der Waals surface area contributed by atoms with Crippen LogP contribution in [-0.2, 0) is 6.54 Å². The van der Waals surface area contributed by atoms with E-state index in [1.807, 2.05) is 28.8 Å². The summed E-state index contributed by atoms with van der Waals surface area (Å²) in [6.07, 6.45) is 5.94. The minimum absolute atomic E-state index is 0.313. The van der Waals surface area contributed by atoms with Crippen LogP contribution in [0.15, 0.2) is 30.6 Å². The second-order valence-electron chi connectivity index (χ2n) is 7.21. The van der Waals surface area contributed by atoms with E-state index < -0.39 is 0 Å². The number of nitrogens with two attached hydrogens (primary N) is 1. The van der Waals surface area contributed by atoms with Crippen molar-refractivity contribution in [3.63, 3.8) is 0 Å². The zero-order valence-electron chi connectivity index (χ0n) is 16.4. The number of rotatable bonds is 6. The molecule has 148 valence electrons. The number of imidazole rings is 1. The molecule has 1 aliphatic rings. The number of hydrogen-bond donors (Lipinski definition) is 3. The number of hydrogen-bond acceptors (Lipinski definition) is 7. The van der Waals surface area contributed by atoms with E-state index in [0.29, 0.717) is 23.8 Å². The van der Waals surface area contributed by atoms with Crippen molar-refractivity contribution < 1.29 is 4.74 Å². The molecule has 2 aromatic heterocycles.